The molecule has 1 N–H and O–H groups in total. The van der Waals surface area contributed by atoms with Crippen molar-refractivity contribution < 1.29 is 0 Å². The number of rotatable bonds is 1. The van der Waals surface area contributed by atoms with E-state index in [0.717, 1.165) is 5.82 Å². The summed E-state index contributed by atoms with van der Waals surface area (Å²) < 4.78 is 0. The number of hydrogen-bond donors (Lipinski definition) is 1. The van der Waals surface area contributed by atoms with Gasteiger partial charge in [0.05, 0.1) is 6.20 Å². The smallest absolute Gasteiger partial charge is 0.146 e. The molecule has 0 atom stereocenters. The molecular formula is C4H6N3. The minimum Gasteiger partial charge on any atom is -0.372 e. The average molecular weight is 96.1 g/mol. The molecule has 1 aliphatic rings. The molecule has 0 aromatic rings. The van der Waals surface area contributed by atoms with E-state index in [1.54, 1.807) is 6.20 Å². The Bertz CT molecular complexity index is 114. The van der Waals surface area contributed by atoms with Crippen LogP contribution in [0.15, 0.2) is 17.0 Å². The summed E-state index contributed by atoms with van der Waals surface area (Å²) in [6.07, 6.45) is 3.17. The molecule has 7 heavy (non-hydrogen) atoms. The van der Waals surface area contributed by atoms with Crippen LogP contribution in [0.4, 0.5) is 0 Å². The zero-order valence-electron chi connectivity index (χ0n) is 4.05. The molecule has 1 rings (SSSR count). The van der Waals surface area contributed by atoms with Gasteiger partial charge in [-0.05, 0) is 0 Å². The first-order valence-corrected chi connectivity index (χ1v) is 2.04. The lowest BCUT2D eigenvalue weighted by Crippen LogP contribution is -2.00. The Hall–Kier alpha value is -0.990. The van der Waals surface area contributed by atoms with Crippen molar-refractivity contribution in [2.45, 2.75) is 0 Å². The lowest BCUT2D eigenvalue weighted by Gasteiger charge is -1.87. The summed E-state index contributed by atoms with van der Waals surface area (Å²) in [5, 5.41) is 6.55. The highest BCUT2D eigenvalue weighted by atomic mass is 15.1. The summed E-state index contributed by atoms with van der Waals surface area (Å²) in [5.74, 6) is 0.819. The summed E-state index contributed by atoms with van der Waals surface area (Å²) >= 11 is 0. The quantitative estimate of drug-likeness (QED) is 0.476. The minimum atomic E-state index is 0.819. The van der Waals surface area contributed by atoms with Gasteiger partial charge in [0.1, 0.15) is 12.2 Å². The maximum absolute atomic E-state index is 3.81. The first-order chi connectivity index (χ1) is 3.43. The third-order valence-corrected chi connectivity index (χ3v) is 0.716. The fourth-order valence-electron chi connectivity index (χ4n) is 0.362. The molecule has 0 aliphatic carbocycles. The summed E-state index contributed by atoms with van der Waals surface area (Å²) in [6, 6.07) is 0. The highest BCUT2D eigenvalue weighted by Crippen LogP contribution is 1.90. The van der Waals surface area contributed by atoms with Gasteiger partial charge in [0.2, 0.25) is 0 Å². The van der Waals surface area contributed by atoms with Crippen LogP contribution < -0.4 is 10.6 Å². The summed E-state index contributed by atoms with van der Waals surface area (Å²) in [6.45, 7) is 0. The summed E-state index contributed by atoms with van der Waals surface area (Å²) in [5.41, 5.74) is 0. The monoisotopic (exact) mass is 96.1 g/mol. The predicted octanol–water partition coefficient (Wildman–Crippen LogP) is -0.349. The van der Waals surface area contributed by atoms with Gasteiger partial charge in [-0.15, -0.1) is 0 Å². The molecule has 0 amide bonds. The van der Waals surface area contributed by atoms with E-state index in [1.807, 2.05) is 7.05 Å². The van der Waals surface area contributed by atoms with E-state index in [9.17, 15) is 0 Å². The molecule has 0 saturated carbocycles. The third kappa shape index (κ3) is 0.707. The van der Waals surface area contributed by atoms with E-state index < -0.39 is 0 Å². The standard InChI is InChI=1S/C4H6N3/c1-5-4-2-6-3-7-4/h2-3,5H,1H3. The molecule has 0 aromatic carbocycles. The van der Waals surface area contributed by atoms with Gasteiger partial charge in [0, 0.05) is 7.05 Å². The van der Waals surface area contributed by atoms with Gasteiger partial charge in [-0.1, -0.05) is 0 Å². The Morgan fingerprint density at radius 3 is 2.86 bits per heavy atom. The summed E-state index contributed by atoms with van der Waals surface area (Å²) in [4.78, 5) is 3.81. The van der Waals surface area contributed by atoms with Crippen molar-refractivity contribution in [3.8, 4) is 0 Å². The van der Waals surface area contributed by atoms with Gasteiger partial charge in [-0.25, -0.2) is 10.3 Å². The topological polar surface area (TPSA) is 38.5 Å². The second-order valence-corrected chi connectivity index (χ2v) is 1.16. The van der Waals surface area contributed by atoms with Crippen molar-refractivity contribution in [1.29, 1.82) is 0 Å². The third-order valence-electron chi connectivity index (χ3n) is 0.716. The van der Waals surface area contributed by atoms with Gasteiger partial charge in [0.15, 0.2) is 0 Å². The molecule has 37 valence electrons. The first-order valence-electron chi connectivity index (χ1n) is 2.04. The minimum absolute atomic E-state index is 0.819. The van der Waals surface area contributed by atoms with Crippen molar-refractivity contribution in [1.82, 2.24) is 10.6 Å². The molecular weight excluding hydrogens is 90.1 g/mol. The van der Waals surface area contributed by atoms with Gasteiger partial charge in [0.25, 0.3) is 0 Å². The van der Waals surface area contributed by atoms with Gasteiger partial charge >= 0.3 is 0 Å². The molecule has 0 bridgehead atoms. The Balaban J connectivity index is 2.52. The van der Waals surface area contributed by atoms with Gasteiger partial charge < -0.3 is 5.32 Å². The van der Waals surface area contributed by atoms with Crippen LogP contribution in [0.5, 0.6) is 0 Å². The van der Waals surface area contributed by atoms with E-state index in [0.29, 0.717) is 0 Å². The van der Waals surface area contributed by atoms with Crippen LogP contribution in [0.3, 0.4) is 0 Å². The number of nitrogens with zero attached hydrogens (tertiary/aromatic N) is 2. The SMILES string of the molecule is CNC1=C[N]C=N1. The lowest BCUT2D eigenvalue weighted by molar-refractivity contribution is 0.970. The van der Waals surface area contributed by atoms with Crippen molar-refractivity contribution in [3.05, 3.63) is 12.0 Å². The lowest BCUT2D eigenvalue weighted by atomic mass is 10.8. The molecule has 1 aliphatic heterocycles. The zero-order chi connectivity index (χ0) is 5.11. The average Bonchev–Trinajstić information content (AvgIpc) is 2.14. The van der Waals surface area contributed by atoms with Crippen molar-refractivity contribution in [2.24, 2.45) is 4.99 Å². The second kappa shape index (κ2) is 1.64. The number of nitrogens with one attached hydrogen (secondary N) is 1. The Kier molecular flexibility index (Phi) is 0.978. The van der Waals surface area contributed by atoms with Crippen molar-refractivity contribution in [2.75, 3.05) is 7.05 Å². The largest absolute Gasteiger partial charge is 0.372 e. The Morgan fingerprint density at radius 1 is 1.71 bits per heavy atom. The van der Waals surface area contributed by atoms with Crippen LogP contribution in [-0.2, 0) is 0 Å². The van der Waals surface area contributed by atoms with E-state index in [1.165, 1.54) is 6.34 Å². The highest BCUT2D eigenvalue weighted by molar-refractivity contribution is 5.60. The van der Waals surface area contributed by atoms with Crippen LogP contribution >= 0.6 is 0 Å². The van der Waals surface area contributed by atoms with Crippen molar-refractivity contribution >= 4 is 6.34 Å². The molecule has 0 unspecified atom stereocenters. The maximum Gasteiger partial charge on any atom is 0.146 e. The normalized spacial score (nSPS) is 15.9. The predicted molar refractivity (Wildman–Crippen MR) is 27.8 cm³/mol. The van der Waals surface area contributed by atoms with Crippen LogP contribution in [0.25, 0.3) is 0 Å². The second-order valence-electron chi connectivity index (χ2n) is 1.16. The maximum atomic E-state index is 3.81. The molecule has 0 saturated heterocycles. The number of hydrogen-bond acceptors (Lipinski definition) is 2. The van der Waals surface area contributed by atoms with Crippen molar-refractivity contribution in [3.63, 3.8) is 0 Å². The van der Waals surface area contributed by atoms with Gasteiger partial charge in [-0.2, -0.15) is 0 Å². The molecule has 0 spiro atoms. The Labute approximate surface area is 42.1 Å². The molecule has 0 fully saturated rings. The van der Waals surface area contributed by atoms with Crippen LogP contribution in [0.2, 0.25) is 0 Å². The van der Waals surface area contributed by atoms with Gasteiger partial charge in [-0.3, -0.25) is 0 Å². The molecule has 1 heterocycles. The molecule has 3 heteroatoms. The van der Waals surface area contributed by atoms with Crippen LogP contribution in [0, 0.1) is 0 Å². The van der Waals surface area contributed by atoms with E-state index in [4.69, 9.17) is 0 Å². The van der Waals surface area contributed by atoms with E-state index >= 15 is 0 Å². The summed E-state index contributed by atoms with van der Waals surface area (Å²) in [7, 11) is 1.81. The van der Waals surface area contributed by atoms with E-state index in [2.05, 4.69) is 15.6 Å². The van der Waals surface area contributed by atoms with Crippen LogP contribution in [-0.4, -0.2) is 13.4 Å². The molecule has 0 aromatic heterocycles. The highest BCUT2D eigenvalue weighted by Gasteiger charge is 1.91. The fraction of sp³-hybridized carbons (Fsp3) is 0.250. The Morgan fingerprint density at radius 2 is 2.57 bits per heavy atom. The van der Waals surface area contributed by atoms with Crippen LogP contribution in [0.1, 0.15) is 0 Å². The van der Waals surface area contributed by atoms with E-state index in [-0.39, 0.29) is 0 Å². The first kappa shape index (κ1) is 4.18. The number of aliphatic imine (C=N–C) groups is 1. The molecule has 3 nitrogen and oxygen atoms in total. The fourth-order valence-corrected chi connectivity index (χ4v) is 0.362. The zero-order valence-corrected chi connectivity index (χ0v) is 4.05. The molecule has 1 radical (unpaired) electrons.